The fraction of sp³-hybridized carbons (Fsp3) is 0.917. The molecule has 20 heavy (non-hydrogen) atoms. The Balaban J connectivity index is 2.80. The van der Waals surface area contributed by atoms with Crippen molar-refractivity contribution in [1.82, 2.24) is 4.72 Å². The van der Waals surface area contributed by atoms with Crippen LogP contribution in [0.15, 0.2) is 5.16 Å². The molecule has 1 aliphatic rings. The van der Waals surface area contributed by atoms with Crippen LogP contribution in [0.4, 0.5) is 0 Å². The van der Waals surface area contributed by atoms with E-state index in [-0.39, 0.29) is 11.6 Å². The number of ether oxygens (including phenoxy) is 1. The summed E-state index contributed by atoms with van der Waals surface area (Å²) < 4.78 is 31.7. The van der Waals surface area contributed by atoms with Crippen LogP contribution in [0.25, 0.3) is 0 Å². The summed E-state index contributed by atoms with van der Waals surface area (Å²) >= 11 is 0. The van der Waals surface area contributed by atoms with Crippen molar-refractivity contribution in [2.24, 2.45) is 16.8 Å². The summed E-state index contributed by atoms with van der Waals surface area (Å²) in [6, 6.07) is 0. The summed E-state index contributed by atoms with van der Waals surface area (Å²) in [4.78, 5) is 0. The number of nitrogens with one attached hydrogen (secondary N) is 1. The second-order valence-electron chi connectivity index (χ2n) is 5.52. The third-order valence-electron chi connectivity index (χ3n) is 3.84. The first kappa shape index (κ1) is 17.2. The molecule has 0 spiro atoms. The average molecular weight is 307 g/mol. The maximum absolute atomic E-state index is 12.1. The Morgan fingerprint density at radius 2 is 2.10 bits per heavy atom. The van der Waals surface area contributed by atoms with Gasteiger partial charge in [0.15, 0.2) is 5.84 Å². The number of nitrogens with zero attached hydrogens (tertiary/aromatic N) is 1. The molecule has 0 bridgehead atoms. The molecule has 1 rings (SSSR count). The molecule has 0 heterocycles. The first-order valence-corrected chi connectivity index (χ1v) is 8.49. The van der Waals surface area contributed by atoms with Crippen LogP contribution in [-0.4, -0.2) is 44.5 Å². The number of nitrogens with two attached hydrogens (primary N) is 1. The van der Waals surface area contributed by atoms with E-state index in [0.717, 1.165) is 12.8 Å². The van der Waals surface area contributed by atoms with Gasteiger partial charge in [0.2, 0.25) is 10.0 Å². The molecule has 0 aromatic heterocycles. The van der Waals surface area contributed by atoms with Gasteiger partial charge in [-0.3, -0.25) is 0 Å². The van der Waals surface area contributed by atoms with E-state index in [9.17, 15) is 8.42 Å². The third-order valence-corrected chi connectivity index (χ3v) is 5.37. The molecule has 0 unspecified atom stereocenters. The van der Waals surface area contributed by atoms with E-state index in [0.29, 0.717) is 31.8 Å². The van der Waals surface area contributed by atoms with E-state index in [1.807, 2.05) is 0 Å². The fourth-order valence-corrected chi connectivity index (χ4v) is 4.01. The van der Waals surface area contributed by atoms with Gasteiger partial charge in [0.05, 0.1) is 11.3 Å². The summed E-state index contributed by atoms with van der Waals surface area (Å²) in [7, 11) is -1.96. The molecular formula is C12H25N3O4S. The van der Waals surface area contributed by atoms with Gasteiger partial charge < -0.3 is 15.7 Å². The maximum atomic E-state index is 12.1. The third kappa shape index (κ3) is 4.60. The first-order valence-electron chi connectivity index (χ1n) is 6.84. The monoisotopic (exact) mass is 307 g/mol. The first-order chi connectivity index (χ1) is 9.35. The second kappa shape index (κ2) is 7.24. The second-order valence-corrected chi connectivity index (χ2v) is 7.36. The quantitative estimate of drug-likeness (QED) is 0.210. The Bertz CT molecular complexity index is 428. The van der Waals surface area contributed by atoms with Gasteiger partial charge in [0.25, 0.3) is 0 Å². The van der Waals surface area contributed by atoms with Crippen LogP contribution in [-0.2, 0) is 14.8 Å². The zero-order valence-electron chi connectivity index (χ0n) is 12.1. The predicted molar refractivity (Wildman–Crippen MR) is 77.2 cm³/mol. The van der Waals surface area contributed by atoms with Gasteiger partial charge >= 0.3 is 0 Å². The summed E-state index contributed by atoms with van der Waals surface area (Å²) in [6.07, 6.45) is 3.20. The van der Waals surface area contributed by atoms with Gasteiger partial charge in [-0.1, -0.05) is 12.1 Å². The molecule has 8 heteroatoms. The van der Waals surface area contributed by atoms with E-state index >= 15 is 0 Å². The highest BCUT2D eigenvalue weighted by Gasteiger charge is 2.41. The van der Waals surface area contributed by atoms with Gasteiger partial charge in [0, 0.05) is 13.7 Å². The highest BCUT2D eigenvalue weighted by Crippen LogP contribution is 2.32. The molecule has 0 amide bonds. The van der Waals surface area contributed by atoms with Gasteiger partial charge in [-0.05, 0) is 38.0 Å². The molecule has 0 radical (unpaired) electrons. The fourth-order valence-electron chi connectivity index (χ4n) is 2.50. The molecular weight excluding hydrogens is 282 g/mol. The molecule has 1 aliphatic carbocycles. The predicted octanol–water partition coefficient (Wildman–Crippen LogP) is 0.638. The largest absolute Gasteiger partial charge is 0.409 e. The summed E-state index contributed by atoms with van der Waals surface area (Å²) in [5.41, 5.74) is 4.79. The lowest BCUT2D eigenvalue weighted by molar-refractivity contribution is 0.199. The molecule has 0 aliphatic heterocycles. The highest BCUT2D eigenvalue weighted by molar-refractivity contribution is 7.89. The van der Waals surface area contributed by atoms with Gasteiger partial charge in [0.1, 0.15) is 0 Å². The Morgan fingerprint density at radius 1 is 1.50 bits per heavy atom. The summed E-state index contributed by atoms with van der Waals surface area (Å²) in [5.74, 6) is 0.434. The zero-order chi connectivity index (χ0) is 15.2. The van der Waals surface area contributed by atoms with E-state index < -0.39 is 15.6 Å². The Hall–Kier alpha value is -0.860. The lowest BCUT2D eigenvalue weighted by Crippen LogP contribution is -2.59. The van der Waals surface area contributed by atoms with Crippen LogP contribution in [0.1, 0.15) is 39.0 Å². The van der Waals surface area contributed by atoms with Crippen molar-refractivity contribution in [3.8, 4) is 0 Å². The van der Waals surface area contributed by atoms with Gasteiger partial charge in [-0.2, -0.15) is 0 Å². The van der Waals surface area contributed by atoms with Crippen LogP contribution in [0, 0.1) is 5.92 Å². The van der Waals surface area contributed by atoms with Crippen LogP contribution < -0.4 is 10.5 Å². The van der Waals surface area contributed by atoms with Crippen molar-refractivity contribution in [2.45, 2.75) is 44.6 Å². The number of amidine groups is 1. The van der Waals surface area contributed by atoms with Gasteiger partial charge in [-0.15, -0.1) is 0 Å². The minimum absolute atomic E-state index is 0.0309. The molecule has 0 aromatic carbocycles. The zero-order valence-corrected chi connectivity index (χ0v) is 12.9. The van der Waals surface area contributed by atoms with Crippen LogP contribution in [0.2, 0.25) is 0 Å². The van der Waals surface area contributed by atoms with E-state index in [1.54, 1.807) is 0 Å². The number of hydrogen-bond acceptors (Lipinski definition) is 5. The van der Waals surface area contributed by atoms with E-state index in [4.69, 9.17) is 15.7 Å². The molecule has 0 atom stereocenters. The lowest BCUT2D eigenvalue weighted by Gasteiger charge is -2.38. The minimum atomic E-state index is -3.49. The number of rotatable bonds is 7. The molecule has 118 valence electrons. The average Bonchev–Trinajstić information content (AvgIpc) is 2.40. The van der Waals surface area contributed by atoms with Gasteiger partial charge in [-0.25, -0.2) is 13.1 Å². The highest BCUT2D eigenvalue weighted by atomic mass is 32.2. The van der Waals surface area contributed by atoms with Crippen molar-refractivity contribution in [2.75, 3.05) is 19.5 Å². The van der Waals surface area contributed by atoms with Crippen molar-refractivity contribution < 1.29 is 18.4 Å². The summed E-state index contributed by atoms with van der Waals surface area (Å²) in [6.45, 7) is 2.50. The number of hydrogen-bond donors (Lipinski definition) is 3. The Morgan fingerprint density at radius 3 is 2.60 bits per heavy atom. The standard InChI is InChI=1S/C12H25N3O4S/c1-10-4-6-12(7-5-10,11(13)14-16)15-20(17,18)9-3-8-19-2/h10,15-16H,3-9H2,1-2H3,(H2,13,14). The number of oxime groups is 1. The Kier molecular flexibility index (Phi) is 6.22. The van der Waals surface area contributed by atoms with Crippen molar-refractivity contribution in [3.05, 3.63) is 0 Å². The summed E-state index contributed by atoms with van der Waals surface area (Å²) in [5, 5.41) is 12.0. The topological polar surface area (TPSA) is 114 Å². The normalized spacial score (nSPS) is 28.5. The van der Waals surface area contributed by atoms with Crippen LogP contribution in [0.3, 0.4) is 0 Å². The molecule has 1 fully saturated rings. The number of methoxy groups -OCH3 is 1. The maximum Gasteiger partial charge on any atom is 0.212 e. The number of sulfonamides is 1. The molecule has 0 aromatic rings. The SMILES string of the molecule is COCCCS(=O)(=O)NC1(C(N)=NO)CCC(C)CC1. The van der Waals surface area contributed by atoms with Crippen molar-refractivity contribution in [3.63, 3.8) is 0 Å². The van der Waals surface area contributed by atoms with E-state index in [1.165, 1.54) is 7.11 Å². The molecule has 0 saturated heterocycles. The Labute approximate surface area is 120 Å². The lowest BCUT2D eigenvalue weighted by atomic mass is 9.77. The van der Waals surface area contributed by atoms with Crippen molar-refractivity contribution in [1.29, 1.82) is 0 Å². The van der Waals surface area contributed by atoms with Crippen molar-refractivity contribution >= 4 is 15.9 Å². The van der Waals surface area contributed by atoms with Crippen LogP contribution >= 0.6 is 0 Å². The minimum Gasteiger partial charge on any atom is -0.409 e. The van der Waals surface area contributed by atoms with Crippen LogP contribution in [0.5, 0.6) is 0 Å². The molecule has 4 N–H and O–H groups in total. The smallest absolute Gasteiger partial charge is 0.212 e. The van der Waals surface area contributed by atoms with E-state index in [2.05, 4.69) is 16.8 Å². The molecule has 1 saturated carbocycles. The molecule has 7 nitrogen and oxygen atoms in total.